The van der Waals surface area contributed by atoms with Gasteiger partial charge in [-0.15, -0.1) is 0 Å². The van der Waals surface area contributed by atoms with E-state index in [2.05, 4.69) is 9.80 Å². The second kappa shape index (κ2) is 13.4. The van der Waals surface area contributed by atoms with Gasteiger partial charge in [-0.3, -0.25) is 19.8 Å². The zero-order chi connectivity index (χ0) is 27.8. The maximum absolute atomic E-state index is 12.9. The summed E-state index contributed by atoms with van der Waals surface area (Å²) in [7, 11) is 3.28. The van der Waals surface area contributed by atoms with Crippen molar-refractivity contribution in [3.63, 3.8) is 0 Å². The predicted octanol–water partition coefficient (Wildman–Crippen LogP) is 3.59. The number of hydrogen-bond donors (Lipinski definition) is 0. The number of anilines is 1. The van der Waals surface area contributed by atoms with Gasteiger partial charge in [0.2, 0.25) is 11.7 Å². The summed E-state index contributed by atoms with van der Waals surface area (Å²) >= 11 is 0. The van der Waals surface area contributed by atoms with Crippen molar-refractivity contribution in [2.75, 3.05) is 71.5 Å². The molecule has 0 radical (unpaired) electrons. The Morgan fingerprint density at radius 2 is 1.67 bits per heavy atom. The molecule has 2 aromatic carbocycles. The predicted molar refractivity (Wildman–Crippen MR) is 147 cm³/mol. The summed E-state index contributed by atoms with van der Waals surface area (Å²) in [5.74, 6) is 2.36. The topological polar surface area (TPSA) is 107 Å². The summed E-state index contributed by atoms with van der Waals surface area (Å²) in [5.41, 5.74) is 1.03. The zero-order valence-corrected chi connectivity index (χ0v) is 23.0. The Balaban J connectivity index is 1.19. The number of likely N-dealkylation sites (tertiary alicyclic amines) is 1. The van der Waals surface area contributed by atoms with Crippen LogP contribution in [0.5, 0.6) is 23.0 Å². The van der Waals surface area contributed by atoms with E-state index < -0.39 is 4.92 Å². The van der Waals surface area contributed by atoms with E-state index in [9.17, 15) is 14.9 Å². The van der Waals surface area contributed by atoms with Gasteiger partial charge in [-0.2, -0.15) is 0 Å². The molecule has 2 aromatic rings. The Morgan fingerprint density at radius 1 is 0.949 bits per heavy atom. The van der Waals surface area contributed by atoms with Crippen LogP contribution < -0.4 is 23.8 Å². The summed E-state index contributed by atoms with van der Waals surface area (Å²) in [6, 6.07) is 10.6. The number of nitrogens with zero attached hydrogens (tertiary/aromatic N) is 4. The SMILES string of the molecule is CCOc1cc(OC2CCN(C(=O)CCN3CCN(c4ccc(OC)c(OC)c4)CC3)CC2)ccc1[N+](=O)[O-]. The lowest BCUT2D eigenvalue weighted by molar-refractivity contribution is -0.385. The molecule has 2 aliphatic rings. The number of carbonyl (C=O) groups is 1. The van der Waals surface area contributed by atoms with Gasteiger partial charge in [-0.05, 0) is 25.1 Å². The fraction of sp³-hybridized carbons (Fsp3) is 0.536. The van der Waals surface area contributed by atoms with Crippen LogP contribution >= 0.6 is 0 Å². The van der Waals surface area contributed by atoms with Crippen LogP contribution in [-0.2, 0) is 4.79 Å². The van der Waals surface area contributed by atoms with Crippen molar-refractivity contribution in [1.82, 2.24) is 9.80 Å². The molecule has 0 bridgehead atoms. The van der Waals surface area contributed by atoms with E-state index >= 15 is 0 Å². The molecule has 0 aromatic heterocycles. The number of hydrogen-bond acceptors (Lipinski definition) is 9. The third-order valence-electron chi connectivity index (χ3n) is 7.27. The smallest absolute Gasteiger partial charge is 0.311 e. The molecule has 11 heteroatoms. The Labute approximate surface area is 229 Å². The molecule has 0 atom stereocenters. The second-order valence-electron chi connectivity index (χ2n) is 9.64. The molecule has 212 valence electrons. The summed E-state index contributed by atoms with van der Waals surface area (Å²) in [6.07, 6.45) is 1.89. The average Bonchev–Trinajstić information content (AvgIpc) is 2.96. The Bertz CT molecular complexity index is 1130. The van der Waals surface area contributed by atoms with E-state index in [1.54, 1.807) is 33.3 Å². The molecular weight excluding hydrogens is 504 g/mol. The monoisotopic (exact) mass is 542 g/mol. The third kappa shape index (κ3) is 7.23. The quantitative estimate of drug-likeness (QED) is 0.311. The normalized spacial score (nSPS) is 16.6. The number of amides is 1. The molecule has 2 fully saturated rings. The minimum Gasteiger partial charge on any atom is -0.493 e. The molecule has 2 aliphatic heterocycles. The molecule has 0 saturated carbocycles. The van der Waals surface area contributed by atoms with Crippen molar-refractivity contribution in [3.05, 3.63) is 46.5 Å². The molecule has 0 spiro atoms. The highest BCUT2D eigenvalue weighted by molar-refractivity contribution is 5.76. The molecule has 0 aliphatic carbocycles. The molecule has 0 unspecified atom stereocenters. The minimum atomic E-state index is -0.461. The summed E-state index contributed by atoms with van der Waals surface area (Å²) < 4.78 is 22.2. The van der Waals surface area contributed by atoms with E-state index in [0.29, 0.717) is 31.9 Å². The van der Waals surface area contributed by atoms with Crippen molar-refractivity contribution < 1.29 is 28.7 Å². The molecule has 0 N–H and O–H groups in total. The maximum atomic E-state index is 12.9. The molecule has 4 rings (SSSR count). The number of ether oxygens (including phenoxy) is 4. The largest absolute Gasteiger partial charge is 0.493 e. The zero-order valence-electron chi connectivity index (χ0n) is 23.0. The van der Waals surface area contributed by atoms with Crippen molar-refractivity contribution in [1.29, 1.82) is 0 Å². The molecule has 2 saturated heterocycles. The standard InChI is InChI=1S/C28H38N4O7/c1-4-38-26-20-23(6-7-24(26)32(34)35)39-22-9-13-31(14-10-22)28(33)11-12-29-15-17-30(18-16-29)21-5-8-25(36-2)27(19-21)37-3/h5-8,19-20,22H,4,9-18H2,1-3H3. The van der Waals surface area contributed by atoms with Crippen molar-refractivity contribution in [3.8, 4) is 23.0 Å². The molecule has 2 heterocycles. The molecule has 39 heavy (non-hydrogen) atoms. The van der Waals surface area contributed by atoms with Crippen LogP contribution in [0.4, 0.5) is 11.4 Å². The van der Waals surface area contributed by atoms with Gasteiger partial charge < -0.3 is 28.7 Å². The highest BCUT2D eigenvalue weighted by Gasteiger charge is 2.26. The first-order chi connectivity index (χ1) is 18.9. The summed E-state index contributed by atoms with van der Waals surface area (Å²) in [6.45, 7) is 7.72. The van der Waals surface area contributed by atoms with Gasteiger partial charge in [0.05, 0.1) is 25.7 Å². The minimum absolute atomic E-state index is 0.0466. The van der Waals surface area contributed by atoms with Crippen LogP contribution in [0.1, 0.15) is 26.2 Å². The van der Waals surface area contributed by atoms with E-state index in [0.717, 1.165) is 62.8 Å². The van der Waals surface area contributed by atoms with Gasteiger partial charge in [-0.1, -0.05) is 0 Å². The van der Waals surface area contributed by atoms with Crippen molar-refractivity contribution >= 4 is 17.3 Å². The lowest BCUT2D eigenvalue weighted by atomic mass is 10.1. The van der Waals surface area contributed by atoms with Gasteiger partial charge in [0.25, 0.3) is 0 Å². The van der Waals surface area contributed by atoms with Crippen LogP contribution in [0.3, 0.4) is 0 Å². The van der Waals surface area contributed by atoms with E-state index in [4.69, 9.17) is 18.9 Å². The van der Waals surface area contributed by atoms with Gasteiger partial charge in [0, 0.05) is 89.0 Å². The maximum Gasteiger partial charge on any atom is 0.311 e. The first-order valence-corrected chi connectivity index (χ1v) is 13.5. The number of piperidine rings is 1. The Hall–Kier alpha value is -3.73. The van der Waals surface area contributed by atoms with E-state index in [-0.39, 0.29) is 23.4 Å². The van der Waals surface area contributed by atoms with Crippen molar-refractivity contribution in [2.45, 2.75) is 32.3 Å². The number of piperazine rings is 1. The highest BCUT2D eigenvalue weighted by Crippen LogP contribution is 2.33. The number of rotatable bonds is 11. The average molecular weight is 543 g/mol. The number of nitro groups is 1. The first kappa shape index (κ1) is 28.3. The molecule has 1 amide bonds. The van der Waals surface area contributed by atoms with Gasteiger partial charge >= 0.3 is 5.69 Å². The summed E-state index contributed by atoms with van der Waals surface area (Å²) in [4.78, 5) is 30.2. The Kier molecular flexibility index (Phi) is 9.69. The van der Waals surface area contributed by atoms with Crippen LogP contribution in [0.25, 0.3) is 0 Å². The lowest BCUT2D eigenvalue weighted by Crippen LogP contribution is -2.48. The summed E-state index contributed by atoms with van der Waals surface area (Å²) in [5, 5.41) is 11.2. The van der Waals surface area contributed by atoms with Gasteiger partial charge in [-0.25, -0.2) is 0 Å². The number of methoxy groups -OCH3 is 2. The second-order valence-corrected chi connectivity index (χ2v) is 9.64. The lowest BCUT2D eigenvalue weighted by Gasteiger charge is -2.37. The van der Waals surface area contributed by atoms with E-state index in [1.807, 2.05) is 23.1 Å². The number of nitro benzene ring substituents is 1. The van der Waals surface area contributed by atoms with Crippen LogP contribution in [0.2, 0.25) is 0 Å². The molecular formula is C28H38N4O7. The Morgan fingerprint density at radius 3 is 2.31 bits per heavy atom. The number of carbonyl (C=O) groups excluding carboxylic acids is 1. The third-order valence-corrected chi connectivity index (χ3v) is 7.27. The van der Waals surface area contributed by atoms with E-state index in [1.165, 1.54) is 6.07 Å². The molecule has 11 nitrogen and oxygen atoms in total. The van der Waals surface area contributed by atoms with Crippen molar-refractivity contribution in [2.24, 2.45) is 0 Å². The number of benzene rings is 2. The van der Waals surface area contributed by atoms with Crippen LogP contribution in [0, 0.1) is 10.1 Å². The van der Waals surface area contributed by atoms with Gasteiger partial charge in [0.15, 0.2) is 11.5 Å². The fourth-order valence-corrected chi connectivity index (χ4v) is 5.07. The highest BCUT2D eigenvalue weighted by atomic mass is 16.6. The first-order valence-electron chi connectivity index (χ1n) is 13.5. The van der Waals surface area contributed by atoms with Gasteiger partial charge in [0.1, 0.15) is 11.9 Å². The van der Waals surface area contributed by atoms with Crippen LogP contribution in [-0.4, -0.2) is 93.4 Å². The fourth-order valence-electron chi connectivity index (χ4n) is 5.07. The van der Waals surface area contributed by atoms with Crippen LogP contribution in [0.15, 0.2) is 36.4 Å².